The molecule has 0 amide bonds. The van der Waals surface area contributed by atoms with Crippen LogP contribution < -0.4 is 5.32 Å². The van der Waals surface area contributed by atoms with Crippen LogP contribution in [0, 0.1) is 0 Å². The van der Waals surface area contributed by atoms with Crippen molar-refractivity contribution in [1.29, 1.82) is 0 Å². The van der Waals surface area contributed by atoms with Crippen molar-refractivity contribution >= 4 is 35.6 Å². The molecule has 1 unspecified atom stereocenters. The Morgan fingerprint density at radius 1 is 1.35 bits per heavy atom. The van der Waals surface area contributed by atoms with E-state index in [1.165, 1.54) is 5.56 Å². The molecule has 0 saturated carbocycles. The first-order chi connectivity index (χ1) is 12.2. The average molecular weight is 466 g/mol. The zero-order chi connectivity index (χ0) is 17.2. The number of fused-ring (bicyclic) bond motifs is 1. The Kier molecular flexibility index (Phi) is 5.74. The largest absolute Gasteiger partial charge is 0.349 e. The van der Waals surface area contributed by atoms with Crippen LogP contribution in [0.3, 0.4) is 0 Å². The summed E-state index contributed by atoms with van der Waals surface area (Å²) in [6, 6.07) is 5.89. The fraction of sp³-hybridized carbons (Fsp3) is 0.412. The number of nitrogens with zero attached hydrogens (tertiary/aromatic N) is 7. The summed E-state index contributed by atoms with van der Waals surface area (Å²) in [4.78, 5) is 6.73. The van der Waals surface area contributed by atoms with E-state index in [2.05, 4.69) is 36.7 Å². The van der Waals surface area contributed by atoms with Crippen molar-refractivity contribution in [3.05, 3.63) is 48.2 Å². The summed E-state index contributed by atoms with van der Waals surface area (Å²) in [5, 5.41) is 16.1. The summed E-state index contributed by atoms with van der Waals surface area (Å²) in [6.45, 7) is 2.53. The van der Waals surface area contributed by atoms with Gasteiger partial charge in [-0.05, 0) is 24.1 Å². The van der Waals surface area contributed by atoms with Crippen molar-refractivity contribution in [2.75, 3.05) is 20.1 Å². The van der Waals surface area contributed by atoms with E-state index in [-0.39, 0.29) is 24.0 Å². The first kappa shape index (κ1) is 18.6. The minimum atomic E-state index is 0. The Balaban J connectivity index is 0.00000196. The minimum absolute atomic E-state index is 0. The molecule has 3 aromatic rings. The van der Waals surface area contributed by atoms with Gasteiger partial charge in [0.1, 0.15) is 0 Å². The molecule has 0 spiro atoms. The van der Waals surface area contributed by atoms with Gasteiger partial charge in [-0.25, -0.2) is 0 Å². The van der Waals surface area contributed by atoms with Gasteiger partial charge in [0.25, 0.3) is 0 Å². The summed E-state index contributed by atoms with van der Waals surface area (Å²) in [7, 11) is 3.78. The fourth-order valence-corrected chi connectivity index (χ4v) is 3.38. The lowest BCUT2D eigenvalue weighted by Crippen LogP contribution is -2.39. The molecule has 0 aromatic carbocycles. The molecule has 4 rings (SSSR count). The van der Waals surface area contributed by atoms with Gasteiger partial charge in [0.05, 0.1) is 12.7 Å². The molecule has 0 bridgehead atoms. The number of hydrogen-bond acceptors (Lipinski definition) is 4. The second kappa shape index (κ2) is 8.02. The van der Waals surface area contributed by atoms with Gasteiger partial charge in [-0.1, -0.05) is 6.07 Å². The van der Waals surface area contributed by atoms with Gasteiger partial charge in [0, 0.05) is 45.5 Å². The Bertz CT molecular complexity index is 899. The molecule has 8 nitrogen and oxygen atoms in total. The monoisotopic (exact) mass is 466 g/mol. The van der Waals surface area contributed by atoms with Gasteiger partial charge in [0.2, 0.25) is 0 Å². The number of aryl methyl sites for hydroxylation is 1. The normalized spacial score (nSPS) is 17.5. The van der Waals surface area contributed by atoms with Crippen molar-refractivity contribution in [1.82, 2.24) is 34.6 Å². The highest BCUT2D eigenvalue weighted by Crippen LogP contribution is 2.26. The van der Waals surface area contributed by atoms with E-state index >= 15 is 0 Å². The van der Waals surface area contributed by atoms with Crippen molar-refractivity contribution in [2.45, 2.75) is 18.9 Å². The van der Waals surface area contributed by atoms with Crippen LogP contribution in [0.1, 0.15) is 23.7 Å². The average Bonchev–Trinajstić information content (AvgIpc) is 3.35. The Labute approximate surface area is 169 Å². The maximum Gasteiger partial charge on any atom is 0.194 e. The zero-order valence-corrected chi connectivity index (χ0v) is 17.2. The van der Waals surface area contributed by atoms with Crippen LogP contribution in [-0.2, 0) is 13.6 Å². The van der Waals surface area contributed by atoms with Gasteiger partial charge < -0.3 is 10.2 Å². The number of likely N-dealkylation sites (tertiary alicyclic amines) is 1. The lowest BCUT2D eigenvalue weighted by Gasteiger charge is -2.21. The van der Waals surface area contributed by atoms with E-state index in [1.807, 2.05) is 53.8 Å². The molecule has 1 aliphatic heterocycles. The standard InChI is InChI=1S/C17H22N8.HI/c1-18-17(19-10-16-22-21-15-5-3-4-7-25(15)16)24-8-6-13(12-24)14-9-20-23(2)11-14;/h3-5,7,9,11,13H,6,8,10,12H2,1-2H3,(H,18,19);1H. The van der Waals surface area contributed by atoms with E-state index in [1.54, 1.807) is 0 Å². The molecule has 1 N–H and O–H groups in total. The summed E-state index contributed by atoms with van der Waals surface area (Å²) in [6.07, 6.45) is 7.16. The second-order valence-corrected chi connectivity index (χ2v) is 6.32. The predicted octanol–water partition coefficient (Wildman–Crippen LogP) is 1.65. The minimum Gasteiger partial charge on any atom is -0.349 e. The zero-order valence-electron chi connectivity index (χ0n) is 14.9. The molecular formula is C17H23IN8. The van der Waals surface area contributed by atoms with Crippen LogP contribution in [0.15, 0.2) is 41.8 Å². The summed E-state index contributed by atoms with van der Waals surface area (Å²) in [5.74, 6) is 2.28. The number of nitrogens with one attached hydrogen (secondary N) is 1. The Morgan fingerprint density at radius 2 is 2.23 bits per heavy atom. The number of halogens is 1. The quantitative estimate of drug-likeness (QED) is 0.361. The lowest BCUT2D eigenvalue weighted by molar-refractivity contribution is 0.484. The van der Waals surface area contributed by atoms with Gasteiger partial charge >= 0.3 is 0 Å². The summed E-state index contributed by atoms with van der Waals surface area (Å²) < 4.78 is 3.85. The number of guanidine groups is 1. The van der Waals surface area contributed by atoms with Crippen molar-refractivity contribution in [3.8, 4) is 0 Å². The first-order valence-corrected chi connectivity index (χ1v) is 8.47. The van der Waals surface area contributed by atoms with Crippen molar-refractivity contribution in [3.63, 3.8) is 0 Å². The highest BCUT2D eigenvalue weighted by atomic mass is 127. The number of aliphatic imine (C=N–C) groups is 1. The summed E-state index contributed by atoms with van der Waals surface area (Å²) in [5.41, 5.74) is 2.15. The predicted molar refractivity (Wildman–Crippen MR) is 111 cm³/mol. The number of hydrogen-bond donors (Lipinski definition) is 1. The Hall–Kier alpha value is -2.17. The molecule has 1 aliphatic rings. The first-order valence-electron chi connectivity index (χ1n) is 8.47. The molecule has 0 radical (unpaired) electrons. The van der Waals surface area contributed by atoms with E-state index < -0.39 is 0 Å². The number of pyridine rings is 1. The highest BCUT2D eigenvalue weighted by molar-refractivity contribution is 14.0. The molecular weight excluding hydrogens is 443 g/mol. The lowest BCUT2D eigenvalue weighted by atomic mass is 10.0. The summed E-state index contributed by atoms with van der Waals surface area (Å²) >= 11 is 0. The molecule has 4 heterocycles. The van der Waals surface area contributed by atoms with Crippen LogP contribution in [0.5, 0.6) is 0 Å². The SMILES string of the molecule is CN=C(NCc1nnc2ccccn12)N1CCC(c2cnn(C)c2)C1.I. The third-order valence-electron chi connectivity index (χ3n) is 4.68. The van der Waals surface area contributed by atoms with Gasteiger partial charge in [0.15, 0.2) is 17.4 Å². The number of rotatable bonds is 3. The van der Waals surface area contributed by atoms with Crippen LogP contribution in [-0.4, -0.2) is 55.4 Å². The Morgan fingerprint density at radius 3 is 3.00 bits per heavy atom. The molecule has 26 heavy (non-hydrogen) atoms. The maximum atomic E-state index is 4.44. The van der Waals surface area contributed by atoms with Gasteiger partial charge in [-0.2, -0.15) is 5.10 Å². The van der Waals surface area contributed by atoms with Crippen LogP contribution in [0.2, 0.25) is 0 Å². The van der Waals surface area contributed by atoms with Crippen LogP contribution in [0.25, 0.3) is 5.65 Å². The maximum absolute atomic E-state index is 4.44. The van der Waals surface area contributed by atoms with E-state index in [0.29, 0.717) is 12.5 Å². The van der Waals surface area contributed by atoms with Crippen molar-refractivity contribution < 1.29 is 0 Å². The third-order valence-corrected chi connectivity index (χ3v) is 4.68. The molecule has 9 heteroatoms. The molecule has 3 aromatic heterocycles. The topological polar surface area (TPSA) is 75.6 Å². The molecule has 0 aliphatic carbocycles. The second-order valence-electron chi connectivity index (χ2n) is 6.32. The molecule has 1 atom stereocenters. The van der Waals surface area contributed by atoms with Crippen LogP contribution >= 0.6 is 24.0 Å². The molecule has 1 fully saturated rings. The van der Waals surface area contributed by atoms with Gasteiger partial charge in [-0.3, -0.25) is 14.1 Å². The highest BCUT2D eigenvalue weighted by Gasteiger charge is 2.27. The fourth-order valence-electron chi connectivity index (χ4n) is 3.38. The van der Waals surface area contributed by atoms with E-state index in [0.717, 1.165) is 36.9 Å². The molecule has 1 saturated heterocycles. The smallest absolute Gasteiger partial charge is 0.194 e. The van der Waals surface area contributed by atoms with E-state index in [4.69, 9.17) is 0 Å². The molecule has 138 valence electrons. The van der Waals surface area contributed by atoms with E-state index in [9.17, 15) is 0 Å². The third kappa shape index (κ3) is 3.67. The van der Waals surface area contributed by atoms with Crippen molar-refractivity contribution in [2.24, 2.45) is 12.0 Å². The van der Waals surface area contributed by atoms with Gasteiger partial charge in [-0.15, -0.1) is 34.2 Å². The number of aromatic nitrogens is 5. The van der Waals surface area contributed by atoms with Crippen LogP contribution in [0.4, 0.5) is 0 Å².